The number of ether oxygens (including phenoxy) is 1. The molecule has 2 aromatic carbocycles. The third kappa shape index (κ3) is 4.30. The molecular formula is C21H17N3O5. The summed E-state index contributed by atoms with van der Waals surface area (Å²) in [5.74, 6) is -2.54. The monoisotopic (exact) mass is 391 g/mol. The van der Waals surface area contributed by atoms with Crippen molar-refractivity contribution in [2.24, 2.45) is 0 Å². The minimum atomic E-state index is -0.874. The largest absolute Gasteiger partial charge is 0.454 e. The minimum Gasteiger partial charge on any atom is -0.454 e. The zero-order chi connectivity index (χ0) is 20.8. The SMILES string of the molecule is N#CCCN(C(=O)COC(=O)CN1C(=O)c2ccccc2C1=O)c1ccccc1. The van der Waals surface area contributed by atoms with Crippen LogP contribution in [0.5, 0.6) is 0 Å². The molecule has 1 aliphatic heterocycles. The Morgan fingerprint density at radius 1 is 0.966 bits per heavy atom. The van der Waals surface area contributed by atoms with Crippen LogP contribution in [0.15, 0.2) is 54.6 Å². The average molecular weight is 391 g/mol. The second-order valence-electron chi connectivity index (χ2n) is 6.19. The lowest BCUT2D eigenvalue weighted by Gasteiger charge is -2.22. The van der Waals surface area contributed by atoms with Crippen LogP contribution in [0.1, 0.15) is 27.1 Å². The van der Waals surface area contributed by atoms with Crippen LogP contribution in [0.3, 0.4) is 0 Å². The molecule has 0 spiro atoms. The molecule has 2 aromatic rings. The molecule has 0 N–H and O–H groups in total. The topological polar surface area (TPSA) is 108 Å². The van der Waals surface area contributed by atoms with E-state index in [0.717, 1.165) is 4.90 Å². The Kier molecular flexibility index (Phi) is 6.00. The molecule has 0 aromatic heterocycles. The van der Waals surface area contributed by atoms with E-state index >= 15 is 0 Å². The fraction of sp³-hybridized carbons (Fsp3) is 0.190. The van der Waals surface area contributed by atoms with Crippen molar-refractivity contribution in [3.8, 4) is 6.07 Å². The Morgan fingerprint density at radius 2 is 1.55 bits per heavy atom. The van der Waals surface area contributed by atoms with Crippen molar-refractivity contribution in [2.45, 2.75) is 6.42 Å². The number of hydrogen-bond acceptors (Lipinski definition) is 6. The number of fused-ring (bicyclic) bond motifs is 1. The molecule has 3 rings (SSSR count). The molecule has 0 atom stereocenters. The van der Waals surface area contributed by atoms with Gasteiger partial charge in [0.2, 0.25) is 0 Å². The molecule has 1 aliphatic rings. The summed E-state index contributed by atoms with van der Waals surface area (Å²) in [5, 5.41) is 8.80. The number of rotatable bonds is 7. The Labute approximate surface area is 166 Å². The average Bonchev–Trinajstić information content (AvgIpc) is 2.98. The number of benzene rings is 2. The molecule has 0 bridgehead atoms. The first-order valence-electron chi connectivity index (χ1n) is 8.86. The van der Waals surface area contributed by atoms with Gasteiger partial charge in [-0.25, -0.2) is 0 Å². The predicted molar refractivity (Wildman–Crippen MR) is 102 cm³/mol. The lowest BCUT2D eigenvalue weighted by Crippen LogP contribution is -2.39. The maximum Gasteiger partial charge on any atom is 0.326 e. The van der Waals surface area contributed by atoms with E-state index in [1.54, 1.807) is 42.5 Å². The van der Waals surface area contributed by atoms with Crippen molar-refractivity contribution in [2.75, 3.05) is 24.6 Å². The highest BCUT2D eigenvalue weighted by Gasteiger charge is 2.36. The number of nitrogens with zero attached hydrogens (tertiary/aromatic N) is 3. The van der Waals surface area contributed by atoms with Gasteiger partial charge in [-0.2, -0.15) is 5.26 Å². The van der Waals surface area contributed by atoms with Gasteiger partial charge in [0.25, 0.3) is 17.7 Å². The number of esters is 1. The first-order chi connectivity index (χ1) is 14.0. The van der Waals surface area contributed by atoms with Crippen molar-refractivity contribution in [1.82, 2.24) is 4.90 Å². The number of amides is 3. The van der Waals surface area contributed by atoms with Crippen LogP contribution in [-0.4, -0.2) is 48.3 Å². The van der Waals surface area contributed by atoms with Gasteiger partial charge in [0.15, 0.2) is 6.61 Å². The first kappa shape index (κ1) is 19.8. The van der Waals surface area contributed by atoms with Crippen LogP contribution in [0.25, 0.3) is 0 Å². The number of nitriles is 1. The van der Waals surface area contributed by atoms with Gasteiger partial charge >= 0.3 is 5.97 Å². The fourth-order valence-electron chi connectivity index (χ4n) is 2.95. The molecule has 8 heteroatoms. The van der Waals surface area contributed by atoms with Crippen molar-refractivity contribution >= 4 is 29.4 Å². The lowest BCUT2D eigenvalue weighted by molar-refractivity contribution is -0.148. The van der Waals surface area contributed by atoms with Crippen LogP contribution in [-0.2, 0) is 14.3 Å². The number of hydrogen-bond donors (Lipinski definition) is 0. The zero-order valence-corrected chi connectivity index (χ0v) is 15.4. The highest BCUT2D eigenvalue weighted by molar-refractivity contribution is 6.22. The number of imide groups is 1. The molecule has 3 amide bonds. The second kappa shape index (κ2) is 8.80. The predicted octanol–water partition coefficient (Wildman–Crippen LogP) is 1.77. The summed E-state index contributed by atoms with van der Waals surface area (Å²) in [6, 6.07) is 16.9. The van der Waals surface area contributed by atoms with E-state index in [1.807, 2.05) is 6.07 Å². The number of carbonyl (C=O) groups excluding carboxylic acids is 4. The van der Waals surface area contributed by atoms with E-state index in [-0.39, 0.29) is 24.1 Å². The maximum absolute atomic E-state index is 12.5. The Bertz CT molecular complexity index is 962. The summed E-state index contributed by atoms with van der Waals surface area (Å²) < 4.78 is 4.98. The molecule has 1 heterocycles. The van der Waals surface area contributed by atoms with Crippen LogP contribution >= 0.6 is 0 Å². The molecule has 146 valence electrons. The standard InChI is InChI=1S/C21H17N3O5/c22-11-6-12-23(15-7-2-1-3-8-15)18(25)14-29-19(26)13-24-20(27)16-9-4-5-10-17(16)21(24)28/h1-5,7-10H,6,12-14H2. The van der Waals surface area contributed by atoms with Gasteiger partial charge in [-0.3, -0.25) is 24.1 Å². The molecule has 8 nitrogen and oxygen atoms in total. The highest BCUT2D eigenvalue weighted by atomic mass is 16.5. The smallest absolute Gasteiger partial charge is 0.326 e. The molecule has 0 unspecified atom stereocenters. The Hall–Kier alpha value is -3.99. The van der Waals surface area contributed by atoms with Crippen LogP contribution in [0, 0.1) is 11.3 Å². The summed E-state index contributed by atoms with van der Waals surface area (Å²) >= 11 is 0. The molecule has 29 heavy (non-hydrogen) atoms. The van der Waals surface area contributed by atoms with Crippen LogP contribution < -0.4 is 4.90 Å². The quantitative estimate of drug-likeness (QED) is 0.526. The first-order valence-corrected chi connectivity index (χ1v) is 8.86. The maximum atomic E-state index is 12.5. The second-order valence-corrected chi connectivity index (χ2v) is 6.19. The van der Waals surface area contributed by atoms with Gasteiger partial charge in [0.1, 0.15) is 6.54 Å². The summed E-state index contributed by atoms with van der Waals surface area (Å²) in [5.41, 5.74) is 1.03. The van der Waals surface area contributed by atoms with Crippen molar-refractivity contribution < 1.29 is 23.9 Å². The minimum absolute atomic E-state index is 0.115. The van der Waals surface area contributed by atoms with E-state index in [9.17, 15) is 19.2 Å². The third-order valence-electron chi connectivity index (χ3n) is 4.34. The lowest BCUT2D eigenvalue weighted by atomic mass is 10.1. The molecule has 0 saturated carbocycles. The number of carbonyl (C=O) groups is 4. The highest BCUT2D eigenvalue weighted by Crippen LogP contribution is 2.22. The van der Waals surface area contributed by atoms with E-state index in [1.165, 1.54) is 17.0 Å². The van der Waals surface area contributed by atoms with E-state index in [4.69, 9.17) is 10.00 Å². The van der Waals surface area contributed by atoms with Gasteiger partial charge in [-0.15, -0.1) is 0 Å². The summed E-state index contributed by atoms with van der Waals surface area (Å²) in [7, 11) is 0. The van der Waals surface area contributed by atoms with Gasteiger partial charge in [0, 0.05) is 12.2 Å². The molecular weight excluding hydrogens is 374 g/mol. The molecule has 0 saturated heterocycles. The number of anilines is 1. The zero-order valence-electron chi connectivity index (χ0n) is 15.4. The normalized spacial score (nSPS) is 12.3. The molecule has 0 radical (unpaired) electrons. The van der Waals surface area contributed by atoms with Crippen molar-refractivity contribution in [3.63, 3.8) is 0 Å². The summed E-state index contributed by atoms with van der Waals surface area (Å²) in [4.78, 5) is 51.3. The van der Waals surface area contributed by atoms with Gasteiger partial charge < -0.3 is 9.64 Å². The van der Waals surface area contributed by atoms with E-state index < -0.39 is 36.8 Å². The molecule has 0 fully saturated rings. The van der Waals surface area contributed by atoms with Gasteiger partial charge in [-0.05, 0) is 24.3 Å². The molecule has 0 aliphatic carbocycles. The van der Waals surface area contributed by atoms with E-state index in [0.29, 0.717) is 5.69 Å². The number of para-hydroxylation sites is 1. The van der Waals surface area contributed by atoms with E-state index in [2.05, 4.69) is 0 Å². The van der Waals surface area contributed by atoms with Gasteiger partial charge in [-0.1, -0.05) is 30.3 Å². The van der Waals surface area contributed by atoms with Crippen molar-refractivity contribution in [1.29, 1.82) is 5.26 Å². The van der Waals surface area contributed by atoms with Crippen LogP contribution in [0.2, 0.25) is 0 Å². The summed E-state index contributed by atoms with van der Waals surface area (Å²) in [6.45, 7) is -0.999. The van der Waals surface area contributed by atoms with Crippen LogP contribution in [0.4, 0.5) is 5.69 Å². The fourth-order valence-corrected chi connectivity index (χ4v) is 2.95. The summed E-state index contributed by atoms with van der Waals surface area (Å²) in [6.07, 6.45) is 0.115. The van der Waals surface area contributed by atoms with Gasteiger partial charge in [0.05, 0.1) is 23.6 Å². The van der Waals surface area contributed by atoms with Crippen molar-refractivity contribution in [3.05, 3.63) is 65.7 Å². The Balaban J connectivity index is 1.60. The third-order valence-corrected chi connectivity index (χ3v) is 4.34. The Morgan fingerprint density at radius 3 is 2.14 bits per heavy atom.